The van der Waals surface area contributed by atoms with E-state index in [1.54, 1.807) is 44.2 Å². The van der Waals surface area contributed by atoms with Crippen LogP contribution in [0.2, 0.25) is 10.0 Å². The lowest BCUT2D eigenvalue weighted by Gasteiger charge is -2.24. The van der Waals surface area contributed by atoms with Gasteiger partial charge in [-0.25, -0.2) is 9.79 Å². The van der Waals surface area contributed by atoms with Crippen molar-refractivity contribution in [2.24, 2.45) is 4.99 Å². The summed E-state index contributed by atoms with van der Waals surface area (Å²) in [5.74, 6) is -0.314. The molecule has 4 aromatic rings. The number of nitro groups is 1. The van der Waals surface area contributed by atoms with E-state index in [0.29, 0.717) is 31.7 Å². The maximum atomic E-state index is 13.8. The molecule has 1 atom stereocenters. The third kappa shape index (κ3) is 6.27. The first-order chi connectivity index (χ1) is 20.6. The minimum absolute atomic E-state index is 0.0141. The Morgan fingerprint density at radius 2 is 1.81 bits per heavy atom. The highest BCUT2D eigenvalue weighted by molar-refractivity contribution is 7.07. The molecule has 0 unspecified atom stereocenters. The fourth-order valence-electron chi connectivity index (χ4n) is 4.72. The lowest BCUT2D eigenvalue weighted by Crippen LogP contribution is -2.39. The molecule has 0 aliphatic carbocycles. The van der Waals surface area contributed by atoms with Crippen LogP contribution < -0.4 is 19.6 Å². The van der Waals surface area contributed by atoms with E-state index in [0.717, 1.165) is 11.1 Å². The SMILES string of the molecule is CCOC(=O)C1=C(C)N=c2s/c(=C/c3cc(Cl)c(OCc4cccc([N+](=O)[O-])c4)c(Cl)c3)c(=O)n2[C@@H]1c1ccc(C)cc1. The highest BCUT2D eigenvalue weighted by atomic mass is 35.5. The standard InChI is InChI=1S/C31H25Cl2N3O6S/c1-4-41-30(38)26-18(3)34-31-35(27(26)21-10-8-17(2)9-11-21)29(37)25(43-31)15-20-13-23(32)28(24(33)14-20)42-16-19-6-5-7-22(12-19)36(39)40/h5-15,27H,4,16H2,1-3H3/b25-15+/t27-/m1/s1. The molecule has 0 amide bonds. The summed E-state index contributed by atoms with van der Waals surface area (Å²) in [6, 6.07) is 16.2. The van der Waals surface area contributed by atoms with E-state index in [4.69, 9.17) is 32.7 Å². The summed E-state index contributed by atoms with van der Waals surface area (Å²) in [5, 5.41) is 11.5. The van der Waals surface area contributed by atoms with E-state index in [9.17, 15) is 19.7 Å². The lowest BCUT2D eigenvalue weighted by atomic mass is 9.95. The Balaban J connectivity index is 1.52. The number of aryl methyl sites for hydroxylation is 1. The number of hydrogen-bond donors (Lipinski definition) is 0. The number of nitrogens with zero attached hydrogens (tertiary/aromatic N) is 3. The second-order valence-electron chi connectivity index (χ2n) is 9.74. The predicted octanol–water partition coefficient (Wildman–Crippen LogP) is 5.90. The molecule has 0 saturated heterocycles. The molecule has 0 N–H and O–H groups in total. The topological polar surface area (TPSA) is 113 Å². The number of benzene rings is 3. The monoisotopic (exact) mass is 637 g/mol. The van der Waals surface area contributed by atoms with E-state index in [1.165, 1.54) is 28.0 Å². The van der Waals surface area contributed by atoms with Gasteiger partial charge in [0.1, 0.15) is 6.61 Å². The summed E-state index contributed by atoms with van der Waals surface area (Å²) in [6.45, 7) is 5.62. The Morgan fingerprint density at radius 1 is 1.12 bits per heavy atom. The molecule has 3 aromatic carbocycles. The molecule has 1 aromatic heterocycles. The van der Waals surface area contributed by atoms with Gasteiger partial charge in [0.15, 0.2) is 10.6 Å². The first-order valence-corrected chi connectivity index (χ1v) is 14.8. The molecule has 220 valence electrons. The van der Waals surface area contributed by atoms with Crippen LogP contribution >= 0.6 is 34.5 Å². The van der Waals surface area contributed by atoms with Gasteiger partial charge in [-0.3, -0.25) is 19.5 Å². The van der Waals surface area contributed by atoms with Crippen LogP contribution in [0.15, 0.2) is 81.7 Å². The van der Waals surface area contributed by atoms with E-state index >= 15 is 0 Å². The smallest absolute Gasteiger partial charge is 0.338 e. The van der Waals surface area contributed by atoms with Crippen LogP contribution in [0.4, 0.5) is 5.69 Å². The van der Waals surface area contributed by atoms with Crippen molar-refractivity contribution < 1.29 is 19.2 Å². The zero-order valence-corrected chi connectivity index (χ0v) is 25.6. The highest BCUT2D eigenvalue weighted by Crippen LogP contribution is 2.35. The number of halogens is 2. The van der Waals surface area contributed by atoms with Crippen LogP contribution in [0.3, 0.4) is 0 Å². The maximum absolute atomic E-state index is 13.8. The Morgan fingerprint density at radius 3 is 2.47 bits per heavy atom. The normalized spacial score (nSPS) is 14.7. The molecule has 0 bridgehead atoms. The van der Waals surface area contributed by atoms with Gasteiger partial charge in [-0.05, 0) is 55.7 Å². The van der Waals surface area contributed by atoms with E-state index in [2.05, 4.69) is 4.99 Å². The fourth-order valence-corrected chi connectivity index (χ4v) is 6.38. The molecule has 12 heteroatoms. The summed E-state index contributed by atoms with van der Waals surface area (Å²) >= 11 is 14.2. The van der Waals surface area contributed by atoms with Gasteiger partial charge in [-0.15, -0.1) is 0 Å². The number of fused-ring (bicyclic) bond motifs is 1. The van der Waals surface area contributed by atoms with Crippen molar-refractivity contribution in [2.45, 2.75) is 33.4 Å². The number of carbonyl (C=O) groups is 1. The quantitative estimate of drug-likeness (QED) is 0.135. The number of non-ortho nitro benzene ring substituents is 1. The van der Waals surface area contributed by atoms with Crippen molar-refractivity contribution in [1.29, 1.82) is 0 Å². The molecular weight excluding hydrogens is 613 g/mol. The number of esters is 1. The number of allylic oxidation sites excluding steroid dienone is 1. The van der Waals surface area contributed by atoms with Crippen LogP contribution in [0.5, 0.6) is 5.75 Å². The van der Waals surface area contributed by atoms with Crippen LogP contribution in [-0.2, 0) is 16.1 Å². The molecule has 0 fully saturated rings. The van der Waals surface area contributed by atoms with Gasteiger partial charge in [0.2, 0.25) is 0 Å². The molecule has 0 saturated carbocycles. The van der Waals surface area contributed by atoms with Crippen LogP contribution in [0.25, 0.3) is 6.08 Å². The molecule has 0 radical (unpaired) electrons. The number of rotatable bonds is 8. The van der Waals surface area contributed by atoms with Crippen molar-refractivity contribution in [3.05, 3.63) is 134 Å². The van der Waals surface area contributed by atoms with Crippen molar-refractivity contribution >= 4 is 52.3 Å². The van der Waals surface area contributed by atoms with E-state index < -0.39 is 16.9 Å². The summed E-state index contributed by atoms with van der Waals surface area (Å²) in [5.41, 5.74) is 3.33. The summed E-state index contributed by atoms with van der Waals surface area (Å²) in [4.78, 5) is 42.5. The van der Waals surface area contributed by atoms with Crippen molar-refractivity contribution in [3.8, 4) is 5.75 Å². The van der Waals surface area contributed by atoms with Crippen molar-refractivity contribution in [1.82, 2.24) is 4.57 Å². The molecule has 43 heavy (non-hydrogen) atoms. The summed E-state index contributed by atoms with van der Waals surface area (Å²) < 4.78 is 13.0. The third-order valence-corrected chi connectivity index (χ3v) is 8.28. The average Bonchev–Trinajstić information content (AvgIpc) is 3.26. The van der Waals surface area contributed by atoms with Gasteiger partial charge in [-0.2, -0.15) is 0 Å². The zero-order chi connectivity index (χ0) is 30.8. The summed E-state index contributed by atoms with van der Waals surface area (Å²) in [6.07, 6.45) is 1.65. The maximum Gasteiger partial charge on any atom is 0.338 e. The molecular formula is C31H25Cl2N3O6S. The molecule has 2 heterocycles. The van der Waals surface area contributed by atoms with Gasteiger partial charge >= 0.3 is 5.97 Å². The minimum Gasteiger partial charge on any atom is -0.486 e. The molecule has 9 nitrogen and oxygen atoms in total. The Kier molecular flexibility index (Phi) is 8.82. The highest BCUT2D eigenvalue weighted by Gasteiger charge is 2.33. The summed E-state index contributed by atoms with van der Waals surface area (Å²) in [7, 11) is 0. The first kappa shape index (κ1) is 30.2. The number of hydrogen-bond acceptors (Lipinski definition) is 8. The van der Waals surface area contributed by atoms with Gasteiger partial charge in [-0.1, -0.05) is 76.5 Å². The molecule has 1 aliphatic rings. The number of ether oxygens (including phenoxy) is 2. The first-order valence-electron chi connectivity index (χ1n) is 13.2. The van der Waals surface area contributed by atoms with Crippen LogP contribution in [0.1, 0.15) is 42.1 Å². The van der Waals surface area contributed by atoms with Gasteiger partial charge in [0, 0.05) is 12.1 Å². The van der Waals surface area contributed by atoms with E-state index in [1.807, 2.05) is 31.2 Å². The number of nitro benzene ring substituents is 1. The van der Waals surface area contributed by atoms with Gasteiger partial charge in [0.25, 0.3) is 11.2 Å². The predicted molar refractivity (Wildman–Crippen MR) is 165 cm³/mol. The second-order valence-corrected chi connectivity index (χ2v) is 11.6. The number of aromatic nitrogens is 1. The van der Waals surface area contributed by atoms with Crippen LogP contribution in [-0.4, -0.2) is 22.1 Å². The largest absolute Gasteiger partial charge is 0.486 e. The van der Waals surface area contributed by atoms with Gasteiger partial charge in [0.05, 0.1) is 43.4 Å². The molecule has 0 spiro atoms. The van der Waals surface area contributed by atoms with Crippen molar-refractivity contribution in [3.63, 3.8) is 0 Å². The Labute approximate surface area is 260 Å². The van der Waals surface area contributed by atoms with E-state index in [-0.39, 0.29) is 40.3 Å². The van der Waals surface area contributed by atoms with Gasteiger partial charge < -0.3 is 9.47 Å². The number of thiazole rings is 1. The number of carbonyl (C=O) groups excluding carboxylic acids is 1. The minimum atomic E-state index is -0.713. The Hall–Kier alpha value is -4.25. The molecule has 5 rings (SSSR count). The van der Waals surface area contributed by atoms with Crippen LogP contribution in [0, 0.1) is 17.0 Å². The third-order valence-electron chi connectivity index (χ3n) is 6.73. The zero-order valence-electron chi connectivity index (χ0n) is 23.3. The Bertz CT molecular complexity index is 1940. The lowest BCUT2D eigenvalue weighted by molar-refractivity contribution is -0.384. The van der Waals surface area contributed by atoms with Crippen molar-refractivity contribution in [2.75, 3.05) is 6.61 Å². The average molecular weight is 639 g/mol. The second kappa shape index (κ2) is 12.5. The fraction of sp³-hybridized carbons (Fsp3) is 0.194. The molecule has 1 aliphatic heterocycles.